The van der Waals surface area contributed by atoms with Gasteiger partial charge in [-0.25, -0.2) is 4.79 Å². The van der Waals surface area contributed by atoms with Crippen LogP contribution < -0.4 is 19.5 Å². The summed E-state index contributed by atoms with van der Waals surface area (Å²) in [5, 5.41) is 2.98. The number of carbonyl (C=O) groups is 1. The number of nitrogens with zero attached hydrogens (tertiary/aromatic N) is 1. The minimum absolute atomic E-state index is 0.0815. The maximum Gasteiger partial charge on any atom is 0.318 e. The van der Waals surface area contributed by atoms with Gasteiger partial charge in [0.2, 0.25) is 0 Å². The quantitative estimate of drug-likeness (QED) is 0.862. The predicted molar refractivity (Wildman–Crippen MR) is 98.8 cm³/mol. The highest BCUT2D eigenvalue weighted by molar-refractivity contribution is 5.75. The van der Waals surface area contributed by atoms with E-state index in [0.717, 1.165) is 35.6 Å². The summed E-state index contributed by atoms with van der Waals surface area (Å²) in [5.74, 6) is 2.22. The van der Waals surface area contributed by atoms with Gasteiger partial charge in [0.1, 0.15) is 17.2 Å². The number of hydrogen-bond donors (Lipinski definition) is 1. The van der Waals surface area contributed by atoms with Gasteiger partial charge in [-0.1, -0.05) is 12.1 Å². The molecule has 6 heteroatoms. The smallest absolute Gasteiger partial charge is 0.318 e. The summed E-state index contributed by atoms with van der Waals surface area (Å²) in [5.41, 5.74) is 1.99. The maximum atomic E-state index is 12.6. The molecule has 0 unspecified atom stereocenters. The van der Waals surface area contributed by atoms with Crippen molar-refractivity contribution in [3.05, 3.63) is 53.6 Å². The van der Waals surface area contributed by atoms with Gasteiger partial charge in [0, 0.05) is 24.7 Å². The summed E-state index contributed by atoms with van der Waals surface area (Å²) >= 11 is 0. The van der Waals surface area contributed by atoms with Gasteiger partial charge < -0.3 is 24.4 Å². The van der Waals surface area contributed by atoms with Crippen molar-refractivity contribution in [2.45, 2.75) is 19.0 Å². The summed E-state index contributed by atoms with van der Waals surface area (Å²) in [6, 6.07) is 13.4. The first kappa shape index (κ1) is 17.9. The van der Waals surface area contributed by atoms with E-state index in [2.05, 4.69) is 5.32 Å². The van der Waals surface area contributed by atoms with Crippen LogP contribution in [-0.2, 0) is 6.54 Å². The lowest BCUT2D eigenvalue weighted by Crippen LogP contribution is -2.49. The van der Waals surface area contributed by atoms with Crippen LogP contribution in [0, 0.1) is 0 Å². The Hall–Kier alpha value is -2.89. The van der Waals surface area contributed by atoms with Crippen molar-refractivity contribution in [1.82, 2.24) is 10.2 Å². The van der Waals surface area contributed by atoms with Crippen LogP contribution in [0.2, 0.25) is 0 Å². The molecular weight excluding hydrogens is 332 g/mol. The zero-order chi connectivity index (χ0) is 18.5. The summed E-state index contributed by atoms with van der Waals surface area (Å²) in [6.45, 7) is 1.14. The molecule has 1 fully saturated rings. The highest BCUT2D eigenvalue weighted by Gasteiger charge is 2.33. The average Bonchev–Trinajstić information content (AvgIpc) is 2.65. The van der Waals surface area contributed by atoms with E-state index < -0.39 is 0 Å². The van der Waals surface area contributed by atoms with Crippen LogP contribution in [0.15, 0.2) is 42.5 Å². The number of nitrogens with one attached hydrogen (secondary N) is 1. The number of rotatable bonds is 6. The maximum absolute atomic E-state index is 12.6. The number of methoxy groups -OCH3 is 3. The lowest BCUT2D eigenvalue weighted by molar-refractivity contribution is 0.115. The molecule has 0 spiro atoms. The summed E-state index contributed by atoms with van der Waals surface area (Å²) in [7, 11) is 4.86. The van der Waals surface area contributed by atoms with Gasteiger partial charge in [-0.05, 0) is 36.2 Å². The molecule has 26 heavy (non-hydrogen) atoms. The van der Waals surface area contributed by atoms with Crippen LogP contribution in [0.1, 0.15) is 23.6 Å². The lowest BCUT2D eigenvalue weighted by atomic mass is 9.95. The van der Waals surface area contributed by atoms with Crippen molar-refractivity contribution in [1.29, 1.82) is 0 Å². The average molecular weight is 356 g/mol. The molecule has 0 radical (unpaired) electrons. The van der Waals surface area contributed by atoms with Crippen molar-refractivity contribution in [3.8, 4) is 17.2 Å². The largest absolute Gasteiger partial charge is 0.497 e. The first-order valence-electron chi connectivity index (χ1n) is 8.55. The van der Waals surface area contributed by atoms with Gasteiger partial charge in [0.15, 0.2) is 0 Å². The summed E-state index contributed by atoms with van der Waals surface area (Å²) in [6.07, 6.45) is 0.951. The van der Waals surface area contributed by atoms with Gasteiger partial charge in [0.25, 0.3) is 0 Å². The molecule has 1 heterocycles. The highest BCUT2D eigenvalue weighted by atomic mass is 16.5. The second-order valence-corrected chi connectivity index (χ2v) is 6.11. The van der Waals surface area contributed by atoms with Crippen LogP contribution in [0.25, 0.3) is 0 Å². The van der Waals surface area contributed by atoms with Gasteiger partial charge in [-0.15, -0.1) is 0 Å². The molecule has 0 bridgehead atoms. The van der Waals surface area contributed by atoms with Crippen LogP contribution in [0.4, 0.5) is 4.79 Å². The second-order valence-electron chi connectivity index (χ2n) is 6.11. The fourth-order valence-corrected chi connectivity index (χ4v) is 3.10. The van der Waals surface area contributed by atoms with E-state index >= 15 is 0 Å². The Labute approximate surface area is 153 Å². The molecule has 1 N–H and O–H groups in total. The van der Waals surface area contributed by atoms with E-state index in [9.17, 15) is 4.79 Å². The lowest BCUT2D eigenvalue weighted by Gasteiger charge is -2.41. The second kappa shape index (κ2) is 7.99. The fourth-order valence-electron chi connectivity index (χ4n) is 3.10. The Bertz CT molecular complexity index is 778. The number of hydrogen-bond acceptors (Lipinski definition) is 4. The minimum Gasteiger partial charge on any atom is -0.497 e. The van der Waals surface area contributed by atoms with Crippen LogP contribution >= 0.6 is 0 Å². The van der Waals surface area contributed by atoms with Crippen molar-refractivity contribution >= 4 is 6.03 Å². The van der Waals surface area contributed by atoms with E-state index in [-0.39, 0.29) is 12.1 Å². The Morgan fingerprint density at radius 1 is 1.08 bits per heavy atom. The van der Waals surface area contributed by atoms with Crippen LogP contribution in [-0.4, -0.2) is 38.8 Å². The standard InChI is InChI=1S/C20H24N2O4/c1-24-16-6-4-5-14(11-16)18-9-10-22(18)20(23)21-13-15-7-8-17(25-2)12-19(15)26-3/h4-8,11-12,18H,9-10,13H2,1-3H3,(H,21,23)/t18-/m1/s1. The fraction of sp³-hybridized carbons (Fsp3) is 0.350. The van der Waals surface area contributed by atoms with Gasteiger partial charge >= 0.3 is 6.03 Å². The predicted octanol–water partition coefficient (Wildman–Crippen LogP) is 3.37. The van der Waals surface area contributed by atoms with E-state index in [0.29, 0.717) is 12.3 Å². The van der Waals surface area contributed by atoms with Crippen LogP contribution in [0.5, 0.6) is 17.2 Å². The monoisotopic (exact) mass is 356 g/mol. The minimum atomic E-state index is -0.0815. The highest BCUT2D eigenvalue weighted by Crippen LogP contribution is 2.34. The third kappa shape index (κ3) is 3.69. The first-order chi connectivity index (χ1) is 12.7. The number of carbonyl (C=O) groups excluding carboxylic acids is 1. The molecule has 0 saturated carbocycles. The van der Waals surface area contributed by atoms with Crippen molar-refractivity contribution in [2.24, 2.45) is 0 Å². The van der Waals surface area contributed by atoms with Gasteiger partial charge in [-0.3, -0.25) is 0 Å². The zero-order valence-electron chi connectivity index (χ0n) is 15.3. The molecule has 2 aromatic rings. The Balaban J connectivity index is 1.63. The van der Waals surface area contributed by atoms with Crippen molar-refractivity contribution < 1.29 is 19.0 Å². The number of urea groups is 1. The number of ether oxygens (including phenoxy) is 3. The van der Waals surface area contributed by atoms with Crippen molar-refractivity contribution in [3.63, 3.8) is 0 Å². The molecule has 1 aliphatic rings. The number of amides is 2. The molecule has 3 rings (SSSR count). The summed E-state index contributed by atoms with van der Waals surface area (Å²) < 4.78 is 15.9. The molecule has 1 saturated heterocycles. The SMILES string of the molecule is COc1cccc([C@H]2CCN2C(=O)NCc2ccc(OC)cc2OC)c1. The molecule has 0 aliphatic carbocycles. The normalized spacial score (nSPS) is 15.8. The molecule has 6 nitrogen and oxygen atoms in total. The number of likely N-dealkylation sites (tertiary alicyclic amines) is 1. The van der Waals surface area contributed by atoms with Crippen LogP contribution in [0.3, 0.4) is 0 Å². The Morgan fingerprint density at radius 3 is 2.50 bits per heavy atom. The van der Waals surface area contributed by atoms with E-state index in [1.807, 2.05) is 47.4 Å². The Kier molecular flexibility index (Phi) is 5.51. The van der Waals surface area contributed by atoms with Crippen molar-refractivity contribution in [2.75, 3.05) is 27.9 Å². The Morgan fingerprint density at radius 2 is 1.85 bits per heavy atom. The van der Waals surface area contributed by atoms with Gasteiger partial charge in [0.05, 0.1) is 27.4 Å². The first-order valence-corrected chi connectivity index (χ1v) is 8.55. The molecule has 1 aliphatic heterocycles. The molecule has 2 aromatic carbocycles. The zero-order valence-corrected chi connectivity index (χ0v) is 15.3. The molecular formula is C20H24N2O4. The molecule has 138 valence electrons. The van der Waals surface area contributed by atoms with E-state index in [1.54, 1.807) is 21.3 Å². The van der Waals surface area contributed by atoms with Gasteiger partial charge in [-0.2, -0.15) is 0 Å². The molecule has 1 atom stereocenters. The molecule has 2 amide bonds. The summed E-state index contributed by atoms with van der Waals surface area (Å²) in [4.78, 5) is 14.4. The molecule has 0 aromatic heterocycles. The third-order valence-corrected chi connectivity index (χ3v) is 4.68. The topological polar surface area (TPSA) is 60.0 Å². The van der Waals surface area contributed by atoms with E-state index in [1.165, 1.54) is 0 Å². The number of benzene rings is 2. The van der Waals surface area contributed by atoms with E-state index in [4.69, 9.17) is 14.2 Å². The third-order valence-electron chi connectivity index (χ3n) is 4.68.